The van der Waals surface area contributed by atoms with Gasteiger partial charge in [-0.15, -0.1) is 0 Å². The summed E-state index contributed by atoms with van der Waals surface area (Å²) in [6.45, 7) is 2.67. The number of aliphatic carboxylic acids is 1. The number of amides is 1. The number of anilines is 1. The number of hydrogen-bond donors (Lipinski definition) is 2. The Labute approximate surface area is 153 Å². The number of carboxylic acid groups (broad SMARTS) is 1. The lowest BCUT2D eigenvalue weighted by molar-refractivity contribution is -0.149. The second kappa shape index (κ2) is 6.66. The number of carbonyl (C=O) groups is 2. The van der Waals surface area contributed by atoms with Crippen LogP contribution < -0.4 is 5.32 Å². The van der Waals surface area contributed by atoms with Gasteiger partial charge in [0.2, 0.25) is 5.91 Å². The number of carboxylic acids is 1. The van der Waals surface area contributed by atoms with E-state index < -0.39 is 27.3 Å². The summed E-state index contributed by atoms with van der Waals surface area (Å²) in [5.74, 6) is -1.04. The number of likely N-dealkylation sites (tertiary alicyclic amines) is 1. The third-order valence-electron chi connectivity index (χ3n) is 5.79. The number of benzene rings is 1. The standard InChI is InChI=1S/C18H24N2O5S/c1-12(20-10-13-6-5-9-18(13,11-20)17(22)23)16(21)19-14-7-3-4-8-15(14)26(2,24)25/h3-4,7-8,12-13H,5-6,9-11H2,1-2H3,(H,19,21)(H,22,23)/t12?,13-,18+/m0/s1. The summed E-state index contributed by atoms with van der Waals surface area (Å²) < 4.78 is 23.8. The first kappa shape index (κ1) is 18.8. The summed E-state index contributed by atoms with van der Waals surface area (Å²) in [7, 11) is -3.46. The molecule has 142 valence electrons. The first-order valence-electron chi connectivity index (χ1n) is 8.72. The van der Waals surface area contributed by atoms with E-state index >= 15 is 0 Å². The lowest BCUT2D eigenvalue weighted by atomic mass is 9.81. The molecule has 2 aliphatic rings. The highest BCUT2D eigenvalue weighted by molar-refractivity contribution is 7.90. The zero-order valence-corrected chi connectivity index (χ0v) is 15.8. The van der Waals surface area contributed by atoms with Crippen molar-refractivity contribution in [1.29, 1.82) is 0 Å². The molecule has 1 aromatic carbocycles. The van der Waals surface area contributed by atoms with Gasteiger partial charge in [0.1, 0.15) is 0 Å². The van der Waals surface area contributed by atoms with Crippen molar-refractivity contribution in [2.45, 2.75) is 37.1 Å². The van der Waals surface area contributed by atoms with Crippen LogP contribution in [0.25, 0.3) is 0 Å². The molecule has 1 aromatic rings. The Morgan fingerprint density at radius 1 is 1.35 bits per heavy atom. The molecule has 0 aromatic heterocycles. The van der Waals surface area contributed by atoms with Gasteiger partial charge in [-0.25, -0.2) is 8.42 Å². The van der Waals surface area contributed by atoms with Crippen molar-refractivity contribution in [2.24, 2.45) is 11.3 Å². The van der Waals surface area contributed by atoms with Crippen molar-refractivity contribution < 1.29 is 23.1 Å². The van der Waals surface area contributed by atoms with Crippen LogP contribution in [0.1, 0.15) is 26.2 Å². The number of carbonyl (C=O) groups excluding carboxylic acids is 1. The maximum Gasteiger partial charge on any atom is 0.311 e. The van der Waals surface area contributed by atoms with Crippen molar-refractivity contribution in [2.75, 3.05) is 24.7 Å². The van der Waals surface area contributed by atoms with E-state index in [1.807, 2.05) is 4.90 Å². The first-order valence-corrected chi connectivity index (χ1v) is 10.6. The summed E-state index contributed by atoms with van der Waals surface area (Å²) in [6.07, 6.45) is 3.52. The van der Waals surface area contributed by atoms with Gasteiger partial charge in [-0.05, 0) is 37.8 Å². The lowest BCUT2D eigenvalue weighted by Gasteiger charge is -2.26. The fourth-order valence-corrected chi connectivity index (χ4v) is 5.11. The van der Waals surface area contributed by atoms with Gasteiger partial charge in [0.15, 0.2) is 9.84 Å². The Hall–Kier alpha value is -1.93. The van der Waals surface area contributed by atoms with Crippen LogP contribution in [0, 0.1) is 11.3 Å². The highest BCUT2D eigenvalue weighted by atomic mass is 32.2. The van der Waals surface area contributed by atoms with E-state index in [0.29, 0.717) is 19.5 Å². The molecule has 3 atom stereocenters. The average molecular weight is 380 g/mol. The number of nitrogens with one attached hydrogen (secondary N) is 1. The topological polar surface area (TPSA) is 104 Å². The van der Waals surface area contributed by atoms with Crippen LogP contribution in [0.2, 0.25) is 0 Å². The maximum atomic E-state index is 12.7. The highest BCUT2D eigenvalue weighted by Gasteiger charge is 2.55. The van der Waals surface area contributed by atoms with E-state index in [0.717, 1.165) is 19.1 Å². The van der Waals surface area contributed by atoms with Crippen LogP contribution >= 0.6 is 0 Å². The molecule has 1 saturated heterocycles. The normalized spacial score (nSPS) is 27.1. The van der Waals surface area contributed by atoms with Crippen molar-refractivity contribution in [3.8, 4) is 0 Å². The molecular formula is C18H24N2O5S. The number of fused-ring (bicyclic) bond motifs is 1. The van der Waals surface area contributed by atoms with Crippen molar-refractivity contribution >= 4 is 27.4 Å². The number of rotatable bonds is 5. The molecule has 1 amide bonds. The predicted molar refractivity (Wildman–Crippen MR) is 96.6 cm³/mol. The van der Waals surface area contributed by atoms with Crippen LogP contribution in [0.15, 0.2) is 29.2 Å². The van der Waals surface area contributed by atoms with E-state index in [9.17, 15) is 23.1 Å². The second-order valence-corrected chi connectivity index (χ2v) is 9.40. The van der Waals surface area contributed by atoms with Gasteiger partial charge in [0, 0.05) is 19.3 Å². The molecule has 0 spiro atoms. The molecule has 0 radical (unpaired) electrons. The van der Waals surface area contributed by atoms with E-state index in [4.69, 9.17) is 0 Å². The summed E-state index contributed by atoms with van der Waals surface area (Å²) in [5.41, 5.74) is -0.502. The largest absolute Gasteiger partial charge is 0.481 e. The highest BCUT2D eigenvalue weighted by Crippen LogP contribution is 2.49. The molecule has 3 rings (SSSR count). The van der Waals surface area contributed by atoms with Gasteiger partial charge in [-0.1, -0.05) is 18.6 Å². The molecule has 1 aliphatic heterocycles. The molecule has 1 unspecified atom stereocenters. The third kappa shape index (κ3) is 3.23. The summed E-state index contributed by atoms with van der Waals surface area (Å²) in [6, 6.07) is 5.74. The molecule has 1 heterocycles. The first-order chi connectivity index (χ1) is 12.1. The Bertz CT molecular complexity index is 838. The number of sulfone groups is 1. The molecule has 26 heavy (non-hydrogen) atoms. The number of nitrogens with zero attached hydrogens (tertiary/aromatic N) is 1. The molecule has 2 N–H and O–H groups in total. The van der Waals surface area contributed by atoms with Gasteiger partial charge >= 0.3 is 5.97 Å². The maximum absolute atomic E-state index is 12.7. The average Bonchev–Trinajstić information content (AvgIpc) is 3.11. The summed E-state index contributed by atoms with van der Waals surface area (Å²) >= 11 is 0. The van der Waals surface area contributed by atoms with Crippen molar-refractivity contribution in [3.05, 3.63) is 24.3 Å². The molecule has 2 fully saturated rings. The van der Waals surface area contributed by atoms with Gasteiger partial charge in [0.05, 0.1) is 22.0 Å². The summed E-state index contributed by atoms with van der Waals surface area (Å²) in [5, 5.41) is 12.4. The Morgan fingerprint density at radius 2 is 2.04 bits per heavy atom. The fourth-order valence-electron chi connectivity index (χ4n) is 4.27. The van der Waals surface area contributed by atoms with Gasteiger partial charge in [-0.3, -0.25) is 14.5 Å². The molecule has 7 nitrogen and oxygen atoms in total. The SMILES string of the molecule is CC(C(=O)Nc1ccccc1S(C)(=O)=O)N1C[C@@H]2CCC[C@@]2(C(=O)O)C1. The zero-order valence-electron chi connectivity index (χ0n) is 14.9. The van der Waals surface area contributed by atoms with Crippen LogP contribution in [0.5, 0.6) is 0 Å². The molecular weight excluding hydrogens is 356 g/mol. The monoisotopic (exact) mass is 380 g/mol. The predicted octanol–water partition coefficient (Wildman–Crippen LogP) is 1.60. The minimum Gasteiger partial charge on any atom is -0.481 e. The van der Waals surface area contributed by atoms with Crippen molar-refractivity contribution in [3.63, 3.8) is 0 Å². The Kier molecular flexibility index (Phi) is 4.83. The lowest BCUT2D eigenvalue weighted by Crippen LogP contribution is -2.43. The molecule has 0 bridgehead atoms. The zero-order chi connectivity index (χ0) is 19.1. The van der Waals surface area contributed by atoms with E-state index in [2.05, 4.69) is 5.32 Å². The van der Waals surface area contributed by atoms with Crippen molar-refractivity contribution in [1.82, 2.24) is 4.90 Å². The molecule has 8 heteroatoms. The number of para-hydroxylation sites is 1. The van der Waals surface area contributed by atoms with E-state index in [1.165, 1.54) is 6.07 Å². The van der Waals surface area contributed by atoms with Crippen LogP contribution in [-0.2, 0) is 19.4 Å². The number of hydrogen-bond acceptors (Lipinski definition) is 5. The minimum absolute atomic E-state index is 0.0681. The van der Waals surface area contributed by atoms with Gasteiger partial charge in [-0.2, -0.15) is 0 Å². The van der Waals surface area contributed by atoms with Gasteiger partial charge < -0.3 is 10.4 Å². The second-order valence-electron chi connectivity index (χ2n) is 7.41. The van der Waals surface area contributed by atoms with Crippen LogP contribution in [-0.4, -0.2) is 55.7 Å². The van der Waals surface area contributed by atoms with E-state index in [-0.39, 0.29) is 22.4 Å². The molecule has 1 saturated carbocycles. The van der Waals surface area contributed by atoms with Gasteiger partial charge in [0.25, 0.3) is 0 Å². The van der Waals surface area contributed by atoms with E-state index in [1.54, 1.807) is 25.1 Å². The molecule has 1 aliphatic carbocycles. The fraction of sp³-hybridized carbons (Fsp3) is 0.556. The third-order valence-corrected chi connectivity index (χ3v) is 6.95. The van der Waals surface area contributed by atoms with Crippen LogP contribution in [0.4, 0.5) is 5.69 Å². The van der Waals surface area contributed by atoms with Crippen LogP contribution in [0.3, 0.4) is 0 Å². The Balaban J connectivity index is 1.75. The smallest absolute Gasteiger partial charge is 0.311 e. The Morgan fingerprint density at radius 3 is 2.65 bits per heavy atom. The quantitative estimate of drug-likeness (QED) is 0.804. The summed E-state index contributed by atoms with van der Waals surface area (Å²) in [4.78, 5) is 26.4. The minimum atomic E-state index is -3.46.